The number of hydrogen-bond acceptors (Lipinski definition) is 6. The van der Waals surface area contributed by atoms with E-state index in [1.165, 1.54) is 10.7 Å². The lowest BCUT2D eigenvalue weighted by Gasteiger charge is -2.20. The Morgan fingerprint density at radius 1 is 1.07 bits per heavy atom. The molecule has 0 radical (unpaired) electrons. The summed E-state index contributed by atoms with van der Waals surface area (Å²) in [5.41, 5.74) is 0.555. The number of aromatic hydroxyl groups is 1. The highest BCUT2D eigenvalue weighted by atomic mass is 32.2. The minimum absolute atomic E-state index is 0.0102. The Balaban J connectivity index is 1.92. The Bertz CT molecular complexity index is 1310. The zero-order valence-corrected chi connectivity index (χ0v) is 17.2. The van der Waals surface area contributed by atoms with Crippen molar-refractivity contribution >= 4 is 21.5 Å². The molecule has 0 unspecified atom stereocenters. The molecular weight excluding hydrogens is 404 g/mol. The van der Waals surface area contributed by atoms with Crippen LogP contribution in [0.25, 0.3) is 0 Å². The molecule has 0 amide bonds. The molecule has 154 valence electrons. The van der Waals surface area contributed by atoms with E-state index in [4.69, 9.17) is 0 Å². The highest BCUT2D eigenvalue weighted by molar-refractivity contribution is 7.90. The average Bonchev–Trinajstić information content (AvgIpc) is 2.70. The molecule has 1 aliphatic heterocycles. The van der Waals surface area contributed by atoms with Gasteiger partial charge in [-0.2, -0.15) is 13.5 Å². The topological polar surface area (TPSA) is 114 Å². The number of anilines is 1. The van der Waals surface area contributed by atoms with E-state index in [1.54, 1.807) is 18.2 Å². The molecule has 0 spiro atoms. The van der Waals surface area contributed by atoms with Crippen molar-refractivity contribution in [3.8, 4) is 5.75 Å². The van der Waals surface area contributed by atoms with Gasteiger partial charge in [-0.1, -0.05) is 56.3 Å². The summed E-state index contributed by atoms with van der Waals surface area (Å²) in [6.07, 6.45) is 0. The molecule has 0 aliphatic carbocycles. The molecule has 0 bridgehead atoms. The van der Waals surface area contributed by atoms with Crippen LogP contribution in [0.2, 0.25) is 0 Å². The summed E-state index contributed by atoms with van der Waals surface area (Å²) >= 11 is 0. The molecule has 3 aromatic rings. The summed E-state index contributed by atoms with van der Waals surface area (Å²) in [6.45, 7) is 3.82. The van der Waals surface area contributed by atoms with Crippen LogP contribution in [0.5, 0.6) is 5.75 Å². The number of amidine groups is 1. The first kappa shape index (κ1) is 19.8. The van der Waals surface area contributed by atoms with Crippen LogP contribution in [0.3, 0.4) is 0 Å². The monoisotopic (exact) mass is 424 g/mol. The third kappa shape index (κ3) is 3.48. The van der Waals surface area contributed by atoms with E-state index < -0.39 is 15.6 Å². The summed E-state index contributed by atoms with van der Waals surface area (Å²) in [5, 5.41) is 18.0. The number of sulfonamides is 1. The number of rotatable bonds is 4. The molecule has 2 heterocycles. The SMILES string of the molecule is CC(C)c1nn(Cc2ccccc2)c(=O)c(C2=NS(=O)(=O)c3ccccc3N2)c1O. The zero-order chi connectivity index (χ0) is 21.5. The maximum Gasteiger partial charge on any atom is 0.286 e. The Labute approximate surface area is 173 Å². The maximum absolute atomic E-state index is 13.2. The van der Waals surface area contributed by atoms with Gasteiger partial charge in [0.15, 0.2) is 11.6 Å². The third-order valence-electron chi connectivity index (χ3n) is 4.74. The van der Waals surface area contributed by atoms with Crippen LogP contribution < -0.4 is 10.9 Å². The van der Waals surface area contributed by atoms with Gasteiger partial charge in [-0.15, -0.1) is 4.40 Å². The van der Waals surface area contributed by atoms with Crippen molar-refractivity contribution in [2.75, 3.05) is 5.32 Å². The highest BCUT2D eigenvalue weighted by Crippen LogP contribution is 2.31. The van der Waals surface area contributed by atoms with Gasteiger partial charge in [0, 0.05) is 5.92 Å². The number of benzene rings is 2. The lowest BCUT2D eigenvalue weighted by atomic mass is 10.1. The fourth-order valence-corrected chi connectivity index (χ4v) is 4.39. The minimum atomic E-state index is -4.03. The van der Waals surface area contributed by atoms with E-state index in [0.717, 1.165) is 5.56 Å². The van der Waals surface area contributed by atoms with E-state index in [1.807, 2.05) is 44.2 Å². The summed E-state index contributed by atoms with van der Waals surface area (Å²) < 4.78 is 30.3. The van der Waals surface area contributed by atoms with Crippen molar-refractivity contribution in [1.29, 1.82) is 0 Å². The molecule has 1 aromatic heterocycles. The van der Waals surface area contributed by atoms with Gasteiger partial charge in [0.05, 0.1) is 12.2 Å². The van der Waals surface area contributed by atoms with Crippen LogP contribution >= 0.6 is 0 Å². The second-order valence-corrected chi connectivity index (χ2v) is 8.82. The van der Waals surface area contributed by atoms with Crippen LogP contribution in [0.15, 0.2) is 68.7 Å². The summed E-state index contributed by atoms with van der Waals surface area (Å²) in [6, 6.07) is 15.5. The van der Waals surface area contributed by atoms with Gasteiger partial charge in [0.2, 0.25) is 0 Å². The molecule has 30 heavy (non-hydrogen) atoms. The highest BCUT2D eigenvalue weighted by Gasteiger charge is 2.30. The molecular formula is C21H20N4O4S. The largest absolute Gasteiger partial charge is 0.505 e. The predicted molar refractivity (Wildman–Crippen MR) is 114 cm³/mol. The fourth-order valence-electron chi connectivity index (χ4n) is 3.27. The van der Waals surface area contributed by atoms with Gasteiger partial charge in [0.25, 0.3) is 15.6 Å². The molecule has 0 saturated heterocycles. The molecule has 4 rings (SSSR count). The molecule has 0 atom stereocenters. The second-order valence-electron chi connectivity index (χ2n) is 7.25. The Morgan fingerprint density at radius 2 is 1.73 bits per heavy atom. The first-order valence-electron chi connectivity index (χ1n) is 9.37. The zero-order valence-electron chi connectivity index (χ0n) is 16.4. The van der Waals surface area contributed by atoms with Gasteiger partial charge >= 0.3 is 0 Å². The summed E-state index contributed by atoms with van der Waals surface area (Å²) in [5.74, 6) is -0.804. The third-order valence-corrected chi connectivity index (χ3v) is 6.08. The molecule has 2 aromatic carbocycles. The van der Waals surface area contributed by atoms with Gasteiger partial charge in [-0.05, 0) is 17.7 Å². The fraction of sp³-hybridized carbons (Fsp3) is 0.190. The quantitative estimate of drug-likeness (QED) is 0.666. The van der Waals surface area contributed by atoms with E-state index in [9.17, 15) is 18.3 Å². The number of aromatic nitrogens is 2. The summed E-state index contributed by atoms with van der Waals surface area (Å²) in [4.78, 5) is 13.2. The van der Waals surface area contributed by atoms with E-state index in [2.05, 4.69) is 14.8 Å². The molecule has 1 aliphatic rings. The van der Waals surface area contributed by atoms with Crippen molar-refractivity contribution in [2.45, 2.75) is 31.2 Å². The molecule has 9 heteroatoms. The maximum atomic E-state index is 13.2. The van der Waals surface area contributed by atoms with E-state index >= 15 is 0 Å². The van der Waals surface area contributed by atoms with Gasteiger partial charge < -0.3 is 10.4 Å². The van der Waals surface area contributed by atoms with Gasteiger partial charge in [-0.25, -0.2) is 4.68 Å². The van der Waals surface area contributed by atoms with Gasteiger partial charge in [-0.3, -0.25) is 4.79 Å². The number of fused-ring (bicyclic) bond motifs is 1. The second kappa shape index (κ2) is 7.42. The van der Waals surface area contributed by atoms with E-state index in [-0.39, 0.29) is 40.2 Å². The molecule has 0 saturated carbocycles. The number of nitrogens with zero attached hydrogens (tertiary/aromatic N) is 3. The number of nitrogens with one attached hydrogen (secondary N) is 1. The van der Waals surface area contributed by atoms with Crippen molar-refractivity contribution in [1.82, 2.24) is 9.78 Å². The predicted octanol–water partition coefficient (Wildman–Crippen LogP) is 2.68. The van der Waals surface area contributed by atoms with Crippen LogP contribution in [-0.4, -0.2) is 29.1 Å². The van der Waals surface area contributed by atoms with E-state index in [0.29, 0.717) is 5.69 Å². The molecule has 0 fully saturated rings. The standard InChI is InChI=1S/C21H20N4O4S/c1-13(2)18-19(26)17(21(27)25(23-18)12-14-8-4-3-5-9-14)20-22-15-10-6-7-11-16(15)30(28,29)24-20/h3-11,13,26H,12H2,1-2H3,(H,22,24). The van der Waals surface area contributed by atoms with Crippen LogP contribution in [0.4, 0.5) is 5.69 Å². The van der Waals surface area contributed by atoms with Gasteiger partial charge in [0.1, 0.15) is 16.2 Å². The first-order chi connectivity index (χ1) is 14.3. The average molecular weight is 424 g/mol. The smallest absolute Gasteiger partial charge is 0.286 e. The normalized spacial score (nSPS) is 14.7. The Morgan fingerprint density at radius 3 is 2.43 bits per heavy atom. The lowest BCUT2D eigenvalue weighted by Crippen LogP contribution is -2.35. The lowest BCUT2D eigenvalue weighted by molar-refractivity contribution is 0.443. The number of para-hydroxylation sites is 1. The van der Waals surface area contributed by atoms with Crippen LogP contribution in [0, 0.1) is 0 Å². The first-order valence-corrected chi connectivity index (χ1v) is 10.8. The molecule has 8 nitrogen and oxygen atoms in total. The van der Waals surface area contributed by atoms with Crippen LogP contribution in [-0.2, 0) is 16.6 Å². The van der Waals surface area contributed by atoms with Crippen molar-refractivity contribution in [2.24, 2.45) is 4.40 Å². The number of hydrogen-bond donors (Lipinski definition) is 2. The summed E-state index contributed by atoms with van der Waals surface area (Å²) in [7, 11) is -4.03. The minimum Gasteiger partial charge on any atom is -0.505 e. The van der Waals surface area contributed by atoms with Crippen molar-refractivity contribution in [3.63, 3.8) is 0 Å². The molecule has 2 N–H and O–H groups in total. The Hall–Kier alpha value is -3.46. The van der Waals surface area contributed by atoms with Crippen molar-refractivity contribution in [3.05, 3.63) is 81.8 Å². The van der Waals surface area contributed by atoms with Crippen LogP contribution in [0.1, 0.15) is 36.6 Å². The van der Waals surface area contributed by atoms with Crippen molar-refractivity contribution < 1.29 is 13.5 Å². The Kier molecular flexibility index (Phi) is 4.90.